The lowest BCUT2D eigenvalue weighted by atomic mass is 9.72. The quantitative estimate of drug-likeness (QED) is 0.630. The van der Waals surface area contributed by atoms with Gasteiger partial charge in [-0.05, 0) is 40.0 Å². The van der Waals surface area contributed by atoms with Gasteiger partial charge in [-0.2, -0.15) is 0 Å². The number of hydrogen-bond acceptors (Lipinski definition) is 4. The van der Waals surface area contributed by atoms with Crippen molar-refractivity contribution in [2.24, 2.45) is 5.92 Å². The molecule has 1 N–H and O–H groups in total. The SMILES string of the molecule is CCCCCCC(COC)CN1COC2(CC(C)(C)NC(C)(C)C2)C1=O. The highest BCUT2D eigenvalue weighted by molar-refractivity contribution is 5.87. The number of nitrogens with zero attached hydrogens (tertiary/aromatic N) is 1. The number of nitrogens with one attached hydrogen (secondary N) is 1. The Morgan fingerprint density at radius 1 is 1.15 bits per heavy atom. The number of hydrogen-bond donors (Lipinski definition) is 1. The maximum absolute atomic E-state index is 13.3. The third-order valence-electron chi connectivity index (χ3n) is 5.65. The van der Waals surface area contributed by atoms with Gasteiger partial charge in [0.15, 0.2) is 5.60 Å². The predicted octanol–water partition coefficient (Wildman–Crippen LogP) is 3.72. The van der Waals surface area contributed by atoms with Crippen LogP contribution in [0.5, 0.6) is 0 Å². The number of piperidine rings is 1. The number of unbranched alkanes of at least 4 members (excludes halogenated alkanes) is 3. The number of ether oxygens (including phenoxy) is 2. The van der Waals surface area contributed by atoms with E-state index in [1.807, 2.05) is 4.90 Å². The molecular weight excluding hydrogens is 328 g/mol. The van der Waals surface area contributed by atoms with Crippen molar-refractivity contribution in [3.05, 3.63) is 0 Å². The molecule has 5 heteroatoms. The minimum absolute atomic E-state index is 0.112. The summed E-state index contributed by atoms with van der Waals surface area (Å²) in [6.07, 6.45) is 7.57. The normalized spacial score (nSPS) is 25.0. The van der Waals surface area contributed by atoms with E-state index in [0.29, 0.717) is 19.3 Å². The van der Waals surface area contributed by atoms with E-state index in [9.17, 15) is 4.79 Å². The Morgan fingerprint density at radius 2 is 1.81 bits per heavy atom. The maximum atomic E-state index is 13.3. The van der Waals surface area contributed by atoms with Gasteiger partial charge in [-0.3, -0.25) is 4.79 Å². The summed E-state index contributed by atoms with van der Waals surface area (Å²) in [6, 6.07) is 0. The summed E-state index contributed by atoms with van der Waals surface area (Å²) in [6.45, 7) is 12.8. The molecule has 0 radical (unpaired) electrons. The van der Waals surface area contributed by atoms with Crippen molar-refractivity contribution in [2.45, 2.75) is 96.2 Å². The lowest BCUT2D eigenvalue weighted by Gasteiger charge is -2.49. The van der Waals surface area contributed by atoms with Gasteiger partial charge >= 0.3 is 0 Å². The van der Waals surface area contributed by atoms with Crippen molar-refractivity contribution in [3.63, 3.8) is 0 Å². The Hall–Kier alpha value is -0.650. The van der Waals surface area contributed by atoms with Gasteiger partial charge in [0.2, 0.25) is 0 Å². The summed E-state index contributed by atoms with van der Waals surface area (Å²) in [5, 5.41) is 3.65. The van der Waals surface area contributed by atoms with E-state index < -0.39 is 5.60 Å². The first kappa shape index (κ1) is 21.6. The van der Waals surface area contributed by atoms with Gasteiger partial charge in [-0.1, -0.05) is 32.6 Å². The second kappa shape index (κ2) is 8.57. The van der Waals surface area contributed by atoms with Crippen LogP contribution in [0, 0.1) is 5.92 Å². The molecule has 1 unspecified atom stereocenters. The Balaban J connectivity index is 2.00. The second-order valence-electron chi connectivity index (χ2n) is 9.71. The Bertz CT molecular complexity index is 460. The van der Waals surface area contributed by atoms with Gasteiger partial charge in [0, 0.05) is 37.6 Å². The Labute approximate surface area is 160 Å². The minimum Gasteiger partial charge on any atom is -0.384 e. The van der Waals surface area contributed by atoms with E-state index >= 15 is 0 Å². The van der Waals surface area contributed by atoms with Crippen LogP contribution in [0.1, 0.15) is 79.6 Å². The summed E-state index contributed by atoms with van der Waals surface area (Å²) in [5.74, 6) is 0.567. The molecule has 0 saturated carbocycles. The molecule has 2 aliphatic rings. The molecule has 1 spiro atoms. The van der Waals surface area contributed by atoms with Crippen LogP contribution in [-0.2, 0) is 14.3 Å². The molecule has 2 aliphatic heterocycles. The molecule has 0 aliphatic carbocycles. The van der Waals surface area contributed by atoms with E-state index in [4.69, 9.17) is 9.47 Å². The number of amides is 1. The van der Waals surface area contributed by atoms with Crippen LogP contribution in [0.4, 0.5) is 0 Å². The molecule has 0 bridgehead atoms. The molecule has 2 fully saturated rings. The third kappa shape index (κ3) is 5.43. The number of carbonyl (C=O) groups is 1. The zero-order valence-electron chi connectivity index (χ0n) is 17.8. The summed E-state index contributed by atoms with van der Waals surface area (Å²) >= 11 is 0. The van der Waals surface area contributed by atoms with E-state index in [-0.39, 0.29) is 17.0 Å². The highest BCUT2D eigenvalue weighted by Gasteiger charge is 2.56. The first-order valence-electron chi connectivity index (χ1n) is 10.3. The lowest BCUT2D eigenvalue weighted by molar-refractivity contribution is -0.145. The van der Waals surface area contributed by atoms with E-state index in [1.54, 1.807) is 7.11 Å². The maximum Gasteiger partial charge on any atom is 0.256 e. The second-order valence-corrected chi connectivity index (χ2v) is 9.71. The molecule has 152 valence electrons. The highest BCUT2D eigenvalue weighted by Crippen LogP contribution is 2.42. The molecule has 26 heavy (non-hydrogen) atoms. The molecular formula is C21H40N2O3. The van der Waals surface area contributed by atoms with Crippen LogP contribution in [-0.4, -0.2) is 54.5 Å². The smallest absolute Gasteiger partial charge is 0.256 e. The van der Waals surface area contributed by atoms with Gasteiger partial charge in [-0.25, -0.2) is 0 Å². The molecule has 2 saturated heterocycles. The zero-order valence-corrected chi connectivity index (χ0v) is 17.8. The van der Waals surface area contributed by atoms with Gasteiger partial charge in [-0.15, -0.1) is 0 Å². The van der Waals surface area contributed by atoms with Crippen molar-refractivity contribution in [2.75, 3.05) is 27.0 Å². The van der Waals surface area contributed by atoms with Crippen LogP contribution in [0.25, 0.3) is 0 Å². The molecule has 0 aromatic carbocycles. The summed E-state index contributed by atoms with van der Waals surface area (Å²) < 4.78 is 11.6. The van der Waals surface area contributed by atoms with Crippen molar-refractivity contribution in [1.82, 2.24) is 10.2 Å². The van der Waals surface area contributed by atoms with Crippen LogP contribution in [0.15, 0.2) is 0 Å². The molecule has 1 amide bonds. The number of rotatable bonds is 9. The lowest BCUT2D eigenvalue weighted by Crippen LogP contribution is -2.65. The topological polar surface area (TPSA) is 50.8 Å². The summed E-state index contributed by atoms with van der Waals surface area (Å²) in [5.41, 5.74) is -0.892. The largest absolute Gasteiger partial charge is 0.384 e. The number of methoxy groups -OCH3 is 1. The average molecular weight is 369 g/mol. The molecule has 2 heterocycles. The van der Waals surface area contributed by atoms with Crippen molar-refractivity contribution >= 4 is 5.91 Å². The standard InChI is InChI=1S/C21H40N2O3/c1-7-8-9-10-11-17(13-25-6)12-23-16-26-21(18(23)24)14-19(2,3)22-20(4,5)15-21/h17,22H,7-16H2,1-6H3. The van der Waals surface area contributed by atoms with Crippen LogP contribution in [0.2, 0.25) is 0 Å². The molecule has 2 rings (SSSR count). The fraction of sp³-hybridized carbons (Fsp3) is 0.952. The predicted molar refractivity (Wildman–Crippen MR) is 105 cm³/mol. The number of carbonyl (C=O) groups excluding carboxylic acids is 1. The minimum atomic E-state index is -0.669. The van der Waals surface area contributed by atoms with Gasteiger partial charge in [0.05, 0.1) is 6.61 Å². The van der Waals surface area contributed by atoms with Crippen LogP contribution in [0.3, 0.4) is 0 Å². The van der Waals surface area contributed by atoms with Crippen molar-refractivity contribution < 1.29 is 14.3 Å². The highest BCUT2D eigenvalue weighted by atomic mass is 16.5. The van der Waals surface area contributed by atoms with E-state index in [1.165, 1.54) is 25.7 Å². The summed E-state index contributed by atoms with van der Waals surface area (Å²) in [7, 11) is 1.75. The fourth-order valence-electron chi connectivity index (χ4n) is 5.13. The average Bonchev–Trinajstić information content (AvgIpc) is 2.77. The van der Waals surface area contributed by atoms with Gasteiger partial charge in [0.25, 0.3) is 5.91 Å². The Kier molecular flexibility index (Phi) is 7.14. The zero-order chi connectivity index (χ0) is 19.4. The third-order valence-corrected chi connectivity index (χ3v) is 5.65. The first-order chi connectivity index (χ1) is 12.1. The van der Waals surface area contributed by atoms with Gasteiger partial charge < -0.3 is 19.7 Å². The molecule has 0 aromatic heterocycles. The summed E-state index contributed by atoms with van der Waals surface area (Å²) in [4.78, 5) is 15.2. The Morgan fingerprint density at radius 3 is 2.38 bits per heavy atom. The van der Waals surface area contributed by atoms with Crippen molar-refractivity contribution in [3.8, 4) is 0 Å². The molecule has 1 atom stereocenters. The molecule has 0 aromatic rings. The van der Waals surface area contributed by atoms with E-state index in [2.05, 4.69) is 39.9 Å². The van der Waals surface area contributed by atoms with E-state index in [0.717, 1.165) is 25.8 Å². The van der Waals surface area contributed by atoms with Crippen molar-refractivity contribution in [1.29, 1.82) is 0 Å². The first-order valence-corrected chi connectivity index (χ1v) is 10.3. The monoisotopic (exact) mass is 368 g/mol. The molecule has 5 nitrogen and oxygen atoms in total. The van der Waals surface area contributed by atoms with Crippen LogP contribution >= 0.6 is 0 Å². The van der Waals surface area contributed by atoms with Crippen LogP contribution < -0.4 is 5.32 Å². The fourth-order valence-corrected chi connectivity index (χ4v) is 5.13. The van der Waals surface area contributed by atoms with Gasteiger partial charge in [0.1, 0.15) is 6.73 Å².